The standard InChI is InChI=1S/C28H35F3O/c29-28(30,31)24-3-1-23(2-4-24)27(32,25-11-17-5-18(12-25)7-19(6-17)13-25)26-14-20-8-21(15-26)10-22(9-20)16-26/h1-4,17-22,32H,5-16H2. The maximum atomic E-state index is 13.4. The maximum absolute atomic E-state index is 13.4. The number of halogens is 3. The number of benzene rings is 1. The van der Waals surface area contributed by atoms with Crippen molar-refractivity contribution < 1.29 is 18.3 Å². The van der Waals surface area contributed by atoms with Crippen molar-refractivity contribution >= 4 is 0 Å². The molecule has 1 nitrogen and oxygen atoms in total. The van der Waals surface area contributed by atoms with E-state index >= 15 is 0 Å². The van der Waals surface area contributed by atoms with E-state index in [0.717, 1.165) is 44.1 Å². The van der Waals surface area contributed by atoms with E-state index in [4.69, 9.17) is 0 Å². The summed E-state index contributed by atoms with van der Waals surface area (Å²) in [6.45, 7) is 0. The molecule has 174 valence electrons. The Morgan fingerprint density at radius 3 is 1.12 bits per heavy atom. The van der Waals surface area contributed by atoms with Gasteiger partial charge in [0.2, 0.25) is 0 Å². The van der Waals surface area contributed by atoms with Gasteiger partial charge in [0.15, 0.2) is 0 Å². The Labute approximate surface area is 189 Å². The smallest absolute Gasteiger partial charge is 0.384 e. The summed E-state index contributed by atoms with van der Waals surface area (Å²) in [4.78, 5) is 0. The second-order valence-corrected chi connectivity index (χ2v) is 13.2. The molecule has 0 heterocycles. The minimum atomic E-state index is -4.34. The zero-order valence-corrected chi connectivity index (χ0v) is 18.8. The predicted octanol–water partition coefficient (Wildman–Crippen LogP) is 7.33. The van der Waals surface area contributed by atoms with Crippen molar-refractivity contribution in [1.29, 1.82) is 0 Å². The molecule has 32 heavy (non-hydrogen) atoms. The summed E-state index contributed by atoms with van der Waals surface area (Å²) >= 11 is 0. The molecular weight excluding hydrogens is 409 g/mol. The van der Waals surface area contributed by atoms with Crippen LogP contribution in [0, 0.1) is 46.3 Å². The average Bonchev–Trinajstić information content (AvgIpc) is 2.70. The van der Waals surface area contributed by atoms with Gasteiger partial charge >= 0.3 is 6.18 Å². The second kappa shape index (κ2) is 6.34. The van der Waals surface area contributed by atoms with Gasteiger partial charge in [0.05, 0.1) is 5.56 Å². The van der Waals surface area contributed by atoms with E-state index in [1.165, 1.54) is 50.7 Å². The summed E-state index contributed by atoms with van der Waals surface area (Å²) in [6.07, 6.45) is 10.0. The number of rotatable bonds is 3. The highest BCUT2D eigenvalue weighted by Crippen LogP contribution is 2.75. The topological polar surface area (TPSA) is 20.2 Å². The number of hydrogen-bond acceptors (Lipinski definition) is 1. The molecule has 1 N–H and O–H groups in total. The summed E-state index contributed by atoms with van der Waals surface area (Å²) in [6, 6.07) is 5.81. The van der Waals surface area contributed by atoms with Gasteiger partial charge in [-0.05, 0) is 130 Å². The van der Waals surface area contributed by atoms with Crippen molar-refractivity contribution in [1.82, 2.24) is 0 Å². The first kappa shape index (κ1) is 20.4. The van der Waals surface area contributed by atoms with E-state index in [-0.39, 0.29) is 10.8 Å². The molecule has 1 aromatic rings. The lowest BCUT2D eigenvalue weighted by Gasteiger charge is -2.71. The molecule has 0 aliphatic heterocycles. The van der Waals surface area contributed by atoms with Crippen LogP contribution >= 0.6 is 0 Å². The van der Waals surface area contributed by atoms with Crippen LogP contribution in [0.15, 0.2) is 24.3 Å². The molecule has 8 aliphatic rings. The Bertz CT molecular complexity index is 799. The van der Waals surface area contributed by atoms with Crippen molar-refractivity contribution in [2.45, 2.75) is 88.8 Å². The summed E-state index contributed by atoms with van der Waals surface area (Å²) < 4.78 is 40.1. The third kappa shape index (κ3) is 2.62. The monoisotopic (exact) mass is 444 g/mol. The average molecular weight is 445 g/mol. The molecule has 8 fully saturated rings. The molecule has 0 radical (unpaired) electrons. The van der Waals surface area contributed by atoms with Gasteiger partial charge < -0.3 is 5.11 Å². The van der Waals surface area contributed by atoms with Gasteiger partial charge in [-0.3, -0.25) is 0 Å². The van der Waals surface area contributed by atoms with Crippen LogP contribution in [0.4, 0.5) is 13.2 Å². The Balaban J connectivity index is 1.39. The Morgan fingerprint density at radius 1 is 0.562 bits per heavy atom. The van der Waals surface area contributed by atoms with Crippen LogP contribution in [0.25, 0.3) is 0 Å². The molecule has 0 amide bonds. The fourth-order valence-corrected chi connectivity index (χ4v) is 11.2. The molecule has 8 saturated carbocycles. The zero-order chi connectivity index (χ0) is 21.9. The lowest BCUT2D eigenvalue weighted by atomic mass is 9.35. The van der Waals surface area contributed by atoms with E-state index in [1.54, 1.807) is 12.1 Å². The highest BCUT2D eigenvalue weighted by atomic mass is 19.4. The molecule has 0 unspecified atom stereocenters. The SMILES string of the molecule is OC(c1ccc(C(F)(F)F)cc1)(C12CC3CC(CC(C3)C1)C2)C12CC3CC(CC(C3)C1)C2. The van der Waals surface area contributed by atoms with Gasteiger partial charge in [-0.1, -0.05) is 12.1 Å². The Hall–Kier alpha value is -1.03. The fraction of sp³-hybridized carbons (Fsp3) is 0.786. The van der Waals surface area contributed by atoms with E-state index in [0.29, 0.717) is 35.5 Å². The van der Waals surface area contributed by atoms with Crippen LogP contribution in [-0.4, -0.2) is 5.11 Å². The number of hydrogen-bond donors (Lipinski definition) is 1. The molecular formula is C28H35F3O. The molecule has 0 atom stereocenters. The lowest BCUT2D eigenvalue weighted by Crippen LogP contribution is -2.66. The zero-order valence-electron chi connectivity index (χ0n) is 18.8. The molecule has 8 aliphatic carbocycles. The molecule has 0 spiro atoms. The van der Waals surface area contributed by atoms with E-state index < -0.39 is 17.3 Å². The van der Waals surface area contributed by atoms with Crippen LogP contribution in [0.3, 0.4) is 0 Å². The summed E-state index contributed by atoms with van der Waals surface area (Å²) in [5, 5.41) is 13.2. The van der Waals surface area contributed by atoms with E-state index in [9.17, 15) is 18.3 Å². The third-order valence-electron chi connectivity index (χ3n) is 11.2. The quantitative estimate of drug-likeness (QED) is 0.518. The van der Waals surface area contributed by atoms with Crippen molar-refractivity contribution in [2.75, 3.05) is 0 Å². The summed E-state index contributed by atoms with van der Waals surface area (Å²) in [5.41, 5.74) is -1.08. The van der Waals surface area contributed by atoms with Gasteiger partial charge in [-0.15, -0.1) is 0 Å². The predicted molar refractivity (Wildman–Crippen MR) is 117 cm³/mol. The van der Waals surface area contributed by atoms with Gasteiger partial charge in [-0.2, -0.15) is 13.2 Å². The normalized spacial score (nSPS) is 48.2. The molecule has 0 aromatic heterocycles. The number of aliphatic hydroxyl groups is 1. The lowest BCUT2D eigenvalue weighted by molar-refractivity contribution is -0.277. The highest BCUT2D eigenvalue weighted by Gasteiger charge is 2.70. The van der Waals surface area contributed by atoms with Gasteiger partial charge in [0, 0.05) is 10.8 Å². The van der Waals surface area contributed by atoms with Gasteiger partial charge in [0.1, 0.15) is 5.60 Å². The van der Waals surface area contributed by atoms with Crippen LogP contribution in [0.2, 0.25) is 0 Å². The molecule has 9 rings (SSSR count). The van der Waals surface area contributed by atoms with Crippen molar-refractivity contribution in [3.05, 3.63) is 35.4 Å². The Kier molecular flexibility index (Phi) is 4.03. The summed E-state index contributed by atoms with van der Waals surface area (Å²) in [5.74, 6) is 4.23. The van der Waals surface area contributed by atoms with Crippen LogP contribution in [0.5, 0.6) is 0 Å². The van der Waals surface area contributed by atoms with Crippen molar-refractivity contribution in [2.24, 2.45) is 46.3 Å². The van der Waals surface area contributed by atoms with Crippen LogP contribution < -0.4 is 0 Å². The van der Waals surface area contributed by atoms with Crippen molar-refractivity contribution in [3.8, 4) is 0 Å². The van der Waals surface area contributed by atoms with Crippen LogP contribution in [0.1, 0.15) is 88.2 Å². The first-order chi connectivity index (χ1) is 15.2. The first-order valence-corrected chi connectivity index (χ1v) is 13.1. The fourth-order valence-electron chi connectivity index (χ4n) is 11.2. The minimum absolute atomic E-state index is 0.146. The molecule has 8 bridgehead atoms. The molecule has 1 aromatic carbocycles. The maximum Gasteiger partial charge on any atom is 0.416 e. The van der Waals surface area contributed by atoms with E-state index in [1.807, 2.05) is 0 Å². The first-order valence-electron chi connectivity index (χ1n) is 13.1. The molecule has 4 heteroatoms. The Morgan fingerprint density at radius 2 is 0.844 bits per heavy atom. The largest absolute Gasteiger partial charge is 0.416 e. The highest BCUT2D eigenvalue weighted by molar-refractivity contribution is 5.35. The minimum Gasteiger partial charge on any atom is -0.384 e. The van der Waals surface area contributed by atoms with Crippen molar-refractivity contribution in [3.63, 3.8) is 0 Å². The van der Waals surface area contributed by atoms with E-state index in [2.05, 4.69) is 0 Å². The van der Waals surface area contributed by atoms with Crippen LogP contribution in [-0.2, 0) is 11.8 Å². The third-order valence-corrected chi connectivity index (χ3v) is 11.2. The summed E-state index contributed by atoms with van der Waals surface area (Å²) in [7, 11) is 0. The second-order valence-electron chi connectivity index (χ2n) is 13.2. The van der Waals surface area contributed by atoms with Gasteiger partial charge in [-0.25, -0.2) is 0 Å². The molecule has 0 saturated heterocycles. The number of alkyl halides is 3. The van der Waals surface area contributed by atoms with Gasteiger partial charge in [0.25, 0.3) is 0 Å².